The van der Waals surface area contributed by atoms with Crippen LogP contribution in [0, 0.1) is 0 Å². The van der Waals surface area contributed by atoms with Gasteiger partial charge >= 0.3 is 0 Å². The van der Waals surface area contributed by atoms with Crippen LogP contribution in [0.2, 0.25) is 0 Å². The van der Waals surface area contributed by atoms with Crippen LogP contribution in [0.1, 0.15) is 30.5 Å². The zero-order chi connectivity index (χ0) is 10.5. The SMILES string of the molecule is CCCc1nc(COC2CCNC2)cs1. The molecule has 0 aromatic carbocycles. The molecule has 1 atom stereocenters. The molecule has 1 saturated heterocycles. The first-order valence-corrected chi connectivity index (χ1v) is 6.52. The number of thiazole rings is 1. The molecule has 1 unspecified atom stereocenters. The van der Waals surface area contributed by atoms with Crippen molar-refractivity contribution < 1.29 is 4.74 Å². The monoisotopic (exact) mass is 226 g/mol. The molecule has 1 aromatic rings. The van der Waals surface area contributed by atoms with Gasteiger partial charge in [0.15, 0.2) is 0 Å². The zero-order valence-electron chi connectivity index (χ0n) is 9.16. The summed E-state index contributed by atoms with van der Waals surface area (Å²) in [6.45, 7) is 4.93. The van der Waals surface area contributed by atoms with Crippen LogP contribution in [0.15, 0.2) is 5.38 Å². The first kappa shape index (κ1) is 11.0. The van der Waals surface area contributed by atoms with Gasteiger partial charge in [0.2, 0.25) is 0 Å². The van der Waals surface area contributed by atoms with Crippen LogP contribution in [0.5, 0.6) is 0 Å². The maximum atomic E-state index is 5.76. The molecule has 0 bridgehead atoms. The van der Waals surface area contributed by atoms with Crippen molar-refractivity contribution in [2.24, 2.45) is 0 Å². The smallest absolute Gasteiger partial charge is 0.0929 e. The first-order chi connectivity index (χ1) is 7.38. The van der Waals surface area contributed by atoms with Crippen LogP contribution in [0.25, 0.3) is 0 Å². The molecule has 15 heavy (non-hydrogen) atoms. The Balaban J connectivity index is 1.77. The van der Waals surface area contributed by atoms with Gasteiger partial charge in [-0.15, -0.1) is 11.3 Å². The number of aromatic nitrogens is 1. The van der Waals surface area contributed by atoms with E-state index < -0.39 is 0 Å². The van der Waals surface area contributed by atoms with Gasteiger partial charge in [0.1, 0.15) is 0 Å². The highest BCUT2D eigenvalue weighted by Gasteiger charge is 2.15. The third kappa shape index (κ3) is 3.26. The highest BCUT2D eigenvalue weighted by molar-refractivity contribution is 7.09. The maximum absolute atomic E-state index is 5.76. The summed E-state index contributed by atoms with van der Waals surface area (Å²) in [6.07, 6.45) is 3.78. The molecule has 0 aliphatic carbocycles. The molecule has 1 aliphatic heterocycles. The van der Waals surface area contributed by atoms with E-state index in [1.807, 2.05) is 0 Å². The number of nitrogens with one attached hydrogen (secondary N) is 1. The molecule has 0 radical (unpaired) electrons. The average Bonchev–Trinajstić information content (AvgIpc) is 2.85. The van der Waals surface area contributed by atoms with Gasteiger partial charge in [0, 0.05) is 11.9 Å². The quantitative estimate of drug-likeness (QED) is 0.833. The normalized spacial score (nSPS) is 21.0. The second-order valence-corrected chi connectivity index (χ2v) is 4.85. The summed E-state index contributed by atoms with van der Waals surface area (Å²) in [5.41, 5.74) is 1.09. The molecule has 2 rings (SSSR count). The molecule has 0 saturated carbocycles. The van der Waals surface area contributed by atoms with Crippen molar-refractivity contribution >= 4 is 11.3 Å². The fourth-order valence-electron chi connectivity index (χ4n) is 1.72. The van der Waals surface area contributed by atoms with E-state index in [0.29, 0.717) is 12.7 Å². The lowest BCUT2D eigenvalue weighted by Crippen LogP contribution is -2.16. The van der Waals surface area contributed by atoms with Crippen molar-refractivity contribution in [1.29, 1.82) is 0 Å². The van der Waals surface area contributed by atoms with Gasteiger partial charge in [0.25, 0.3) is 0 Å². The number of aryl methyl sites for hydroxylation is 1. The van der Waals surface area contributed by atoms with Crippen LogP contribution >= 0.6 is 11.3 Å². The summed E-state index contributed by atoms with van der Waals surface area (Å²) < 4.78 is 5.76. The van der Waals surface area contributed by atoms with Gasteiger partial charge in [-0.25, -0.2) is 4.98 Å². The van der Waals surface area contributed by atoms with Crippen LogP contribution in [0.3, 0.4) is 0 Å². The molecule has 1 fully saturated rings. The lowest BCUT2D eigenvalue weighted by molar-refractivity contribution is 0.0524. The van der Waals surface area contributed by atoms with Crippen molar-refractivity contribution in [3.8, 4) is 0 Å². The van der Waals surface area contributed by atoms with Gasteiger partial charge in [-0.2, -0.15) is 0 Å². The van der Waals surface area contributed by atoms with Crippen molar-refractivity contribution in [3.05, 3.63) is 16.1 Å². The molecule has 84 valence electrons. The predicted octanol–water partition coefficient (Wildman–Crippen LogP) is 1.97. The van der Waals surface area contributed by atoms with Crippen molar-refractivity contribution in [2.75, 3.05) is 13.1 Å². The molecule has 0 spiro atoms. The van der Waals surface area contributed by atoms with E-state index in [2.05, 4.69) is 22.6 Å². The number of rotatable bonds is 5. The summed E-state index contributed by atoms with van der Waals surface area (Å²) in [5, 5.41) is 6.65. The molecule has 2 heterocycles. The Hall–Kier alpha value is -0.450. The van der Waals surface area contributed by atoms with Crippen LogP contribution in [-0.4, -0.2) is 24.2 Å². The first-order valence-electron chi connectivity index (χ1n) is 5.64. The fourth-order valence-corrected chi connectivity index (χ4v) is 2.60. The lowest BCUT2D eigenvalue weighted by atomic mass is 10.3. The number of hydrogen-bond donors (Lipinski definition) is 1. The zero-order valence-corrected chi connectivity index (χ0v) is 9.98. The summed E-state index contributed by atoms with van der Waals surface area (Å²) in [5.74, 6) is 0. The third-order valence-electron chi connectivity index (χ3n) is 2.55. The minimum Gasteiger partial charge on any atom is -0.371 e. The minimum absolute atomic E-state index is 0.390. The second kappa shape index (κ2) is 5.58. The molecular formula is C11H18N2OS. The van der Waals surface area contributed by atoms with Gasteiger partial charge in [0.05, 0.1) is 23.4 Å². The average molecular weight is 226 g/mol. The van der Waals surface area contributed by atoms with E-state index in [9.17, 15) is 0 Å². The number of hydrogen-bond acceptors (Lipinski definition) is 4. The summed E-state index contributed by atoms with van der Waals surface area (Å²) in [7, 11) is 0. The standard InChI is InChI=1S/C11H18N2OS/c1-2-3-11-13-9(8-15-11)7-14-10-4-5-12-6-10/h8,10,12H,2-7H2,1H3. The third-order valence-corrected chi connectivity index (χ3v) is 3.50. The highest BCUT2D eigenvalue weighted by Crippen LogP contribution is 2.14. The molecular weight excluding hydrogens is 208 g/mol. The van der Waals surface area contributed by atoms with Crippen molar-refractivity contribution in [2.45, 2.75) is 38.9 Å². The van der Waals surface area contributed by atoms with E-state index >= 15 is 0 Å². The Morgan fingerprint density at radius 1 is 1.67 bits per heavy atom. The predicted molar refractivity (Wildman–Crippen MR) is 62.2 cm³/mol. The van der Waals surface area contributed by atoms with Crippen molar-refractivity contribution in [3.63, 3.8) is 0 Å². The Labute approximate surface area is 94.9 Å². The molecule has 3 nitrogen and oxygen atoms in total. The van der Waals surface area contributed by atoms with E-state index in [4.69, 9.17) is 4.74 Å². The Morgan fingerprint density at radius 3 is 3.33 bits per heavy atom. The van der Waals surface area contributed by atoms with E-state index in [-0.39, 0.29) is 0 Å². The highest BCUT2D eigenvalue weighted by atomic mass is 32.1. The Kier molecular flexibility index (Phi) is 4.11. The van der Waals surface area contributed by atoms with E-state index in [1.165, 1.54) is 11.4 Å². The van der Waals surface area contributed by atoms with Crippen molar-refractivity contribution in [1.82, 2.24) is 10.3 Å². The molecule has 1 N–H and O–H groups in total. The number of ether oxygens (including phenoxy) is 1. The van der Waals surface area contributed by atoms with E-state index in [0.717, 1.165) is 31.6 Å². The van der Waals surface area contributed by atoms with Gasteiger partial charge in [-0.1, -0.05) is 6.92 Å². The molecule has 4 heteroatoms. The maximum Gasteiger partial charge on any atom is 0.0929 e. The molecule has 0 amide bonds. The molecule has 1 aromatic heterocycles. The summed E-state index contributed by atoms with van der Waals surface area (Å²) in [4.78, 5) is 4.53. The van der Waals surface area contributed by atoms with Gasteiger partial charge < -0.3 is 10.1 Å². The van der Waals surface area contributed by atoms with Gasteiger partial charge in [-0.05, 0) is 25.8 Å². The fraction of sp³-hybridized carbons (Fsp3) is 0.727. The van der Waals surface area contributed by atoms with Gasteiger partial charge in [-0.3, -0.25) is 0 Å². The number of nitrogens with zero attached hydrogens (tertiary/aromatic N) is 1. The molecule has 1 aliphatic rings. The van der Waals surface area contributed by atoms with E-state index in [1.54, 1.807) is 11.3 Å². The summed E-state index contributed by atoms with van der Waals surface area (Å²) in [6, 6.07) is 0. The Bertz CT molecular complexity index is 295. The van der Waals surface area contributed by atoms with Crippen LogP contribution in [0.4, 0.5) is 0 Å². The second-order valence-electron chi connectivity index (χ2n) is 3.91. The van der Waals surface area contributed by atoms with Crippen LogP contribution < -0.4 is 5.32 Å². The Morgan fingerprint density at radius 2 is 2.60 bits per heavy atom. The minimum atomic E-state index is 0.390. The lowest BCUT2D eigenvalue weighted by Gasteiger charge is -2.08. The topological polar surface area (TPSA) is 34.1 Å². The van der Waals surface area contributed by atoms with Crippen LogP contribution in [-0.2, 0) is 17.8 Å². The largest absolute Gasteiger partial charge is 0.371 e. The summed E-state index contributed by atoms with van der Waals surface area (Å²) >= 11 is 1.75.